The predicted molar refractivity (Wildman–Crippen MR) is 92.0 cm³/mol. The van der Waals surface area contributed by atoms with Crippen molar-refractivity contribution in [1.29, 1.82) is 0 Å². The Kier molecular flexibility index (Phi) is 5.36. The van der Waals surface area contributed by atoms with Gasteiger partial charge in [0.2, 0.25) is 5.91 Å². The van der Waals surface area contributed by atoms with Gasteiger partial charge in [0.25, 0.3) is 5.69 Å². The Bertz CT molecular complexity index is 784. The van der Waals surface area contributed by atoms with Crippen molar-refractivity contribution < 1.29 is 9.72 Å². The van der Waals surface area contributed by atoms with Gasteiger partial charge in [-0.25, -0.2) is 0 Å². The highest BCUT2D eigenvalue weighted by Crippen LogP contribution is 2.25. The number of carbonyl (C=O) groups is 1. The molecule has 7 heteroatoms. The molecule has 0 aliphatic carbocycles. The smallest absolute Gasteiger partial charge is 0.269 e. The van der Waals surface area contributed by atoms with Crippen LogP contribution >= 0.6 is 23.2 Å². The van der Waals surface area contributed by atoms with Crippen LogP contribution in [0.15, 0.2) is 42.5 Å². The van der Waals surface area contributed by atoms with E-state index in [9.17, 15) is 14.9 Å². The van der Waals surface area contributed by atoms with Crippen LogP contribution in [0.4, 0.5) is 11.4 Å². The third kappa shape index (κ3) is 4.31. The van der Waals surface area contributed by atoms with Gasteiger partial charge in [0.1, 0.15) is 0 Å². The van der Waals surface area contributed by atoms with E-state index in [2.05, 4.69) is 5.32 Å². The van der Waals surface area contributed by atoms with Crippen molar-refractivity contribution in [2.24, 2.45) is 0 Å². The molecule has 0 heterocycles. The van der Waals surface area contributed by atoms with Crippen molar-refractivity contribution in [3.05, 3.63) is 73.8 Å². The van der Waals surface area contributed by atoms with E-state index in [4.69, 9.17) is 23.2 Å². The lowest BCUT2D eigenvalue weighted by molar-refractivity contribution is -0.384. The highest BCUT2D eigenvalue weighted by Gasteiger charge is 2.09. The normalized spacial score (nSPS) is 10.7. The lowest BCUT2D eigenvalue weighted by Crippen LogP contribution is -2.09. The number of hydrogen-bond acceptors (Lipinski definition) is 3. The van der Waals surface area contributed by atoms with Crippen molar-refractivity contribution in [2.75, 3.05) is 5.32 Å². The molecule has 5 nitrogen and oxygen atoms in total. The van der Waals surface area contributed by atoms with Gasteiger partial charge < -0.3 is 5.32 Å². The number of benzene rings is 2. The van der Waals surface area contributed by atoms with Crippen LogP contribution in [0.1, 0.15) is 11.1 Å². The first-order valence-corrected chi connectivity index (χ1v) is 7.32. The van der Waals surface area contributed by atoms with Crippen LogP contribution in [0, 0.1) is 17.0 Å². The van der Waals surface area contributed by atoms with E-state index in [1.165, 1.54) is 30.4 Å². The van der Waals surface area contributed by atoms with Crippen LogP contribution < -0.4 is 5.32 Å². The monoisotopic (exact) mass is 350 g/mol. The zero-order chi connectivity index (χ0) is 17.0. The van der Waals surface area contributed by atoms with E-state index >= 15 is 0 Å². The summed E-state index contributed by atoms with van der Waals surface area (Å²) in [6.07, 6.45) is 2.81. The van der Waals surface area contributed by atoms with E-state index < -0.39 is 10.8 Å². The van der Waals surface area contributed by atoms with Crippen LogP contribution in [0.3, 0.4) is 0 Å². The average molecular weight is 351 g/mol. The average Bonchev–Trinajstić information content (AvgIpc) is 2.48. The van der Waals surface area contributed by atoms with Gasteiger partial charge in [-0.2, -0.15) is 0 Å². The molecule has 118 valence electrons. The molecule has 0 spiro atoms. The van der Waals surface area contributed by atoms with Crippen LogP contribution in [-0.2, 0) is 4.79 Å². The molecule has 0 fully saturated rings. The fraction of sp³-hybridized carbons (Fsp3) is 0.0625. The lowest BCUT2D eigenvalue weighted by Gasteiger charge is -2.06. The van der Waals surface area contributed by atoms with E-state index in [0.29, 0.717) is 26.9 Å². The molecule has 0 saturated heterocycles. The number of rotatable bonds is 4. The van der Waals surface area contributed by atoms with Gasteiger partial charge in [-0.15, -0.1) is 0 Å². The first-order valence-electron chi connectivity index (χ1n) is 6.56. The first kappa shape index (κ1) is 17.0. The first-order chi connectivity index (χ1) is 10.9. The second kappa shape index (κ2) is 7.26. The Morgan fingerprint density at radius 2 is 1.87 bits per heavy atom. The Morgan fingerprint density at radius 1 is 1.22 bits per heavy atom. The molecule has 0 unspecified atom stereocenters. The number of nitrogens with one attached hydrogen (secondary N) is 1. The zero-order valence-corrected chi connectivity index (χ0v) is 13.6. The zero-order valence-electron chi connectivity index (χ0n) is 12.0. The van der Waals surface area contributed by atoms with Crippen molar-refractivity contribution in [3.8, 4) is 0 Å². The molecule has 0 saturated carbocycles. The second-order valence-electron chi connectivity index (χ2n) is 4.71. The fourth-order valence-corrected chi connectivity index (χ4v) is 2.43. The molecule has 1 amide bonds. The Hall–Kier alpha value is -2.37. The van der Waals surface area contributed by atoms with Gasteiger partial charge >= 0.3 is 0 Å². The molecule has 0 aliphatic heterocycles. The summed E-state index contributed by atoms with van der Waals surface area (Å²) in [6, 6.07) is 9.27. The summed E-state index contributed by atoms with van der Waals surface area (Å²) in [4.78, 5) is 22.2. The van der Waals surface area contributed by atoms with E-state index in [-0.39, 0.29) is 5.69 Å². The van der Waals surface area contributed by atoms with Crippen LogP contribution in [0.2, 0.25) is 10.0 Å². The summed E-state index contributed by atoms with van der Waals surface area (Å²) >= 11 is 12.0. The third-order valence-electron chi connectivity index (χ3n) is 3.08. The molecule has 2 aromatic carbocycles. The number of carbonyl (C=O) groups excluding carboxylic acids is 1. The SMILES string of the molecule is Cc1cc([N+](=O)[O-])ccc1NC(=O)/C=C/c1c(Cl)cccc1Cl. The molecule has 23 heavy (non-hydrogen) atoms. The summed E-state index contributed by atoms with van der Waals surface area (Å²) in [7, 11) is 0. The minimum atomic E-state index is -0.488. The van der Waals surface area contributed by atoms with Crippen molar-refractivity contribution in [3.63, 3.8) is 0 Å². The van der Waals surface area contributed by atoms with Crippen LogP contribution in [0.25, 0.3) is 6.08 Å². The molecule has 0 aromatic heterocycles. The van der Waals surface area contributed by atoms with Crippen molar-refractivity contribution in [1.82, 2.24) is 0 Å². The maximum Gasteiger partial charge on any atom is 0.269 e. The highest BCUT2D eigenvalue weighted by atomic mass is 35.5. The van der Waals surface area contributed by atoms with Crippen molar-refractivity contribution in [2.45, 2.75) is 6.92 Å². The lowest BCUT2D eigenvalue weighted by atomic mass is 10.1. The molecular weight excluding hydrogens is 339 g/mol. The summed E-state index contributed by atoms with van der Waals surface area (Å²) < 4.78 is 0. The molecule has 0 radical (unpaired) electrons. The number of nitro benzene ring substituents is 1. The molecule has 1 N–H and O–H groups in total. The molecule has 0 atom stereocenters. The molecule has 2 rings (SSSR count). The number of halogens is 2. The van der Waals surface area contributed by atoms with Crippen LogP contribution in [0.5, 0.6) is 0 Å². The predicted octanol–water partition coefficient (Wildman–Crippen LogP) is 4.86. The number of hydrogen-bond donors (Lipinski definition) is 1. The summed E-state index contributed by atoms with van der Waals surface area (Å²) in [5, 5.41) is 14.2. The van der Waals surface area contributed by atoms with Gasteiger partial charge in [-0.1, -0.05) is 29.3 Å². The second-order valence-corrected chi connectivity index (χ2v) is 5.53. The topological polar surface area (TPSA) is 72.2 Å². The maximum atomic E-state index is 12.0. The van der Waals surface area contributed by atoms with E-state index in [1.54, 1.807) is 25.1 Å². The largest absolute Gasteiger partial charge is 0.322 e. The fourth-order valence-electron chi connectivity index (χ4n) is 1.91. The number of aryl methyl sites for hydroxylation is 1. The van der Waals surface area contributed by atoms with Gasteiger partial charge in [-0.05, 0) is 36.8 Å². The minimum Gasteiger partial charge on any atom is -0.322 e. The molecule has 0 aliphatic rings. The van der Waals surface area contributed by atoms with Gasteiger partial charge in [0.15, 0.2) is 0 Å². The quantitative estimate of drug-likeness (QED) is 0.486. The summed E-state index contributed by atoms with van der Waals surface area (Å²) in [5.41, 5.74) is 1.61. The Labute approximate surface area is 142 Å². The Morgan fingerprint density at radius 3 is 2.43 bits per heavy atom. The number of non-ortho nitro benzene ring substituents is 1. The third-order valence-corrected chi connectivity index (χ3v) is 3.74. The summed E-state index contributed by atoms with van der Waals surface area (Å²) in [6.45, 7) is 1.68. The standard InChI is InChI=1S/C16H12Cl2N2O3/c1-10-9-11(20(22)23)5-7-15(10)19-16(21)8-6-12-13(17)3-2-4-14(12)18/h2-9H,1H3,(H,19,21)/b8-6+. The van der Waals surface area contributed by atoms with Gasteiger partial charge in [0.05, 0.1) is 4.92 Å². The number of nitrogens with zero attached hydrogens (tertiary/aromatic N) is 1. The Balaban J connectivity index is 2.14. The highest BCUT2D eigenvalue weighted by molar-refractivity contribution is 6.37. The van der Waals surface area contributed by atoms with Gasteiger partial charge in [-0.3, -0.25) is 14.9 Å². The number of nitro groups is 1. The van der Waals surface area contributed by atoms with E-state index in [1.807, 2.05) is 0 Å². The molecule has 0 bridgehead atoms. The molecule has 2 aromatic rings. The van der Waals surface area contributed by atoms with Crippen LogP contribution in [-0.4, -0.2) is 10.8 Å². The molecular formula is C16H12Cl2N2O3. The number of anilines is 1. The summed E-state index contributed by atoms with van der Waals surface area (Å²) in [5.74, 6) is -0.391. The van der Waals surface area contributed by atoms with Gasteiger partial charge in [0, 0.05) is 39.5 Å². The minimum absolute atomic E-state index is 0.0288. The van der Waals surface area contributed by atoms with Crippen molar-refractivity contribution >= 4 is 46.6 Å². The number of amides is 1. The maximum absolute atomic E-state index is 12.0. The van der Waals surface area contributed by atoms with E-state index in [0.717, 1.165) is 0 Å².